The van der Waals surface area contributed by atoms with Crippen LogP contribution in [0.3, 0.4) is 0 Å². The van der Waals surface area contributed by atoms with E-state index in [1.165, 1.54) is 16.7 Å². The van der Waals surface area contributed by atoms with Crippen LogP contribution in [0.4, 0.5) is 0 Å². The highest BCUT2D eigenvalue weighted by Crippen LogP contribution is 2.52. The summed E-state index contributed by atoms with van der Waals surface area (Å²) in [6.07, 6.45) is 5.64. The lowest BCUT2D eigenvalue weighted by atomic mass is 9.61. The zero-order chi connectivity index (χ0) is 19.8. The van der Waals surface area contributed by atoms with Gasteiger partial charge < -0.3 is 9.84 Å². The molecule has 2 aliphatic rings. The fourth-order valence-electron chi connectivity index (χ4n) is 4.70. The summed E-state index contributed by atoms with van der Waals surface area (Å²) >= 11 is 6.09. The van der Waals surface area contributed by atoms with Crippen LogP contribution in [-0.4, -0.2) is 23.3 Å². The van der Waals surface area contributed by atoms with E-state index in [9.17, 15) is 9.90 Å². The monoisotopic (exact) mass is 388 g/mol. The third-order valence-electron chi connectivity index (χ3n) is 5.49. The zero-order valence-electron chi connectivity index (χ0n) is 16.6. The maximum atomic E-state index is 11.6. The van der Waals surface area contributed by atoms with Crippen molar-refractivity contribution in [2.75, 3.05) is 0 Å². The lowest BCUT2D eigenvalue weighted by molar-refractivity contribution is -0.156. The Labute approximate surface area is 167 Å². The van der Waals surface area contributed by atoms with Gasteiger partial charge in [-0.05, 0) is 58.6 Å². The minimum absolute atomic E-state index is 0.00941. The van der Waals surface area contributed by atoms with Crippen molar-refractivity contribution in [3.05, 3.63) is 52.6 Å². The van der Waals surface area contributed by atoms with Gasteiger partial charge in [0.1, 0.15) is 6.10 Å². The predicted molar refractivity (Wildman–Crippen MR) is 109 cm³/mol. The molecule has 0 spiro atoms. The van der Waals surface area contributed by atoms with E-state index < -0.39 is 6.10 Å². The van der Waals surface area contributed by atoms with Gasteiger partial charge in [-0.2, -0.15) is 0 Å². The molecule has 0 saturated carbocycles. The molecule has 1 saturated heterocycles. The molecule has 1 aliphatic heterocycles. The molecule has 4 heteroatoms. The van der Waals surface area contributed by atoms with Gasteiger partial charge in [-0.1, -0.05) is 57.5 Å². The van der Waals surface area contributed by atoms with E-state index in [1.54, 1.807) is 0 Å². The highest BCUT2D eigenvalue weighted by Gasteiger charge is 2.38. The van der Waals surface area contributed by atoms with Crippen LogP contribution in [0, 0.1) is 10.8 Å². The lowest BCUT2D eigenvalue weighted by Gasteiger charge is -2.43. The first kappa shape index (κ1) is 20.2. The second-order valence-corrected chi connectivity index (χ2v) is 9.72. The van der Waals surface area contributed by atoms with Crippen molar-refractivity contribution >= 4 is 23.1 Å². The molecule has 1 fully saturated rings. The Bertz CT molecular complexity index is 771. The molecule has 1 aliphatic carbocycles. The average Bonchev–Trinajstić information content (AvgIpc) is 2.51. The van der Waals surface area contributed by atoms with Crippen LogP contribution in [0.1, 0.15) is 58.9 Å². The first-order chi connectivity index (χ1) is 12.6. The minimum atomic E-state index is -0.621. The van der Waals surface area contributed by atoms with Gasteiger partial charge in [0.25, 0.3) is 0 Å². The number of hydrogen-bond donors (Lipinski definition) is 1. The van der Waals surface area contributed by atoms with Gasteiger partial charge in [-0.25, -0.2) is 0 Å². The van der Waals surface area contributed by atoms with Crippen LogP contribution in [0.15, 0.2) is 42.0 Å². The number of cyclic esters (lactones) is 1. The Hall–Kier alpha value is -1.58. The Morgan fingerprint density at radius 2 is 1.85 bits per heavy atom. The zero-order valence-corrected chi connectivity index (χ0v) is 17.3. The maximum Gasteiger partial charge on any atom is 0.309 e. The quantitative estimate of drug-likeness (QED) is 0.689. The van der Waals surface area contributed by atoms with Crippen molar-refractivity contribution < 1.29 is 14.6 Å². The van der Waals surface area contributed by atoms with Crippen LogP contribution in [-0.2, 0) is 9.53 Å². The molecule has 1 N–H and O–H groups in total. The number of hydrogen-bond acceptors (Lipinski definition) is 3. The number of carbonyl (C=O) groups excluding carboxylic acids is 1. The second-order valence-electron chi connectivity index (χ2n) is 9.28. The largest absolute Gasteiger partial charge is 0.458 e. The van der Waals surface area contributed by atoms with Crippen molar-refractivity contribution in [1.82, 2.24) is 0 Å². The number of halogens is 1. The molecule has 0 radical (unpaired) electrons. The molecule has 1 aromatic carbocycles. The molecule has 1 heterocycles. The fourth-order valence-corrected chi connectivity index (χ4v) is 4.83. The minimum Gasteiger partial charge on any atom is -0.458 e. The van der Waals surface area contributed by atoms with E-state index in [0.29, 0.717) is 6.42 Å². The standard InChI is InChI=1S/C23H29ClO3/c1-22(2)13-19(15-5-7-16(24)8-6-15)20(23(3,4)14-22)10-9-18-11-17(25)12-21(26)27-18/h5-10,17-18,25H,11-14H2,1-4H3. The second kappa shape index (κ2) is 7.44. The van der Waals surface area contributed by atoms with Crippen molar-refractivity contribution in [3.63, 3.8) is 0 Å². The van der Waals surface area contributed by atoms with E-state index in [2.05, 4.69) is 45.9 Å². The number of aliphatic hydroxyl groups is 1. The number of aliphatic hydroxyl groups excluding tert-OH is 1. The van der Waals surface area contributed by atoms with Crippen molar-refractivity contribution in [2.45, 2.75) is 65.6 Å². The Morgan fingerprint density at radius 3 is 2.48 bits per heavy atom. The normalized spacial score (nSPS) is 27.7. The summed E-state index contributed by atoms with van der Waals surface area (Å²) < 4.78 is 5.39. The molecule has 0 bridgehead atoms. The third-order valence-corrected chi connectivity index (χ3v) is 5.74. The molecule has 2 atom stereocenters. The first-order valence-corrected chi connectivity index (χ1v) is 9.99. The molecule has 27 heavy (non-hydrogen) atoms. The molecular formula is C23H29ClO3. The molecular weight excluding hydrogens is 360 g/mol. The number of carbonyl (C=O) groups is 1. The molecule has 0 amide bonds. The predicted octanol–water partition coefficient (Wildman–Crippen LogP) is 5.56. The summed E-state index contributed by atoms with van der Waals surface area (Å²) in [6, 6.07) is 8.01. The molecule has 3 rings (SSSR count). The first-order valence-electron chi connectivity index (χ1n) is 9.61. The van der Waals surface area contributed by atoms with Crippen LogP contribution in [0.25, 0.3) is 5.57 Å². The Morgan fingerprint density at radius 1 is 1.19 bits per heavy atom. The van der Waals surface area contributed by atoms with Gasteiger partial charge in [0, 0.05) is 11.4 Å². The topological polar surface area (TPSA) is 46.5 Å². The summed E-state index contributed by atoms with van der Waals surface area (Å²) in [5.74, 6) is -0.334. The van der Waals surface area contributed by atoms with Crippen LogP contribution in [0.5, 0.6) is 0 Å². The van der Waals surface area contributed by atoms with Gasteiger partial charge in [0.2, 0.25) is 0 Å². The number of benzene rings is 1. The highest BCUT2D eigenvalue weighted by atomic mass is 35.5. The van der Waals surface area contributed by atoms with Crippen LogP contribution >= 0.6 is 11.6 Å². The van der Waals surface area contributed by atoms with Gasteiger partial charge in [-0.3, -0.25) is 4.79 Å². The van der Waals surface area contributed by atoms with Crippen molar-refractivity contribution in [1.29, 1.82) is 0 Å². The number of rotatable bonds is 3. The van der Waals surface area contributed by atoms with Crippen molar-refractivity contribution in [2.24, 2.45) is 10.8 Å². The molecule has 3 nitrogen and oxygen atoms in total. The van der Waals surface area contributed by atoms with E-state index in [1.807, 2.05) is 18.2 Å². The van der Waals surface area contributed by atoms with Gasteiger partial charge in [0.15, 0.2) is 0 Å². The van der Waals surface area contributed by atoms with E-state index in [0.717, 1.165) is 17.9 Å². The summed E-state index contributed by atoms with van der Waals surface area (Å²) in [5, 5.41) is 10.6. The molecule has 1 aromatic rings. The van der Waals surface area contributed by atoms with E-state index in [-0.39, 0.29) is 29.3 Å². The smallest absolute Gasteiger partial charge is 0.309 e. The third kappa shape index (κ3) is 4.83. The fraction of sp³-hybridized carbons (Fsp3) is 0.522. The summed E-state index contributed by atoms with van der Waals surface area (Å²) in [6.45, 7) is 9.16. The molecule has 0 aromatic heterocycles. The highest BCUT2D eigenvalue weighted by molar-refractivity contribution is 6.30. The van der Waals surface area contributed by atoms with Gasteiger partial charge in [-0.15, -0.1) is 0 Å². The number of allylic oxidation sites excluding steroid dienone is 3. The van der Waals surface area contributed by atoms with Crippen molar-refractivity contribution in [3.8, 4) is 0 Å². The summed E-state index contributed by atoms with van der Waals surface area (Å²) in [7, 11) is 0. The summed E-state index contributed by atoms with van der Waals surface area (Å²) in [4.78, 5) is 11.6. The summed E-state index contributed by atoms with van der Waals surface area (Å²) in [5.41, 5.74) is 3.95. The number of ether oxygens (including phenoxy) is 1. The average molecular weight is 389 g/mol. The van der Waals surface area contributed by atoms with Crippen LogP contribution in [0.2, 0.25) is 5.02 Å². The SMILES string of the molecule is CC1(C)CC(c2ccc(Cl)cc2)=C(C=CC2CC(O)CC(=O)O2)C(C)(C)C1. The lowest BCUT2D eigenvalue weighted by Crippen LogP contribution is -2.32. The number of esters is 1. The van der Waals surface area contributed by atoms with E-state index >= 15 is 0 Å². The van der Waals surface area contributed by atoms with Gasteiger partial charge >= 0.3 is 5.97 Å². The Balaban J connectivity index is 2.00. The molecule has 2 unspecified atom stereocenters. The molecule has 146 valence electrons. The van der Waals surface area contributed by atoms with E-state index in [4.69, 9.17) is 16.3 Å². The van der Waals surface area contributed by atoms with Gasteiger partial charge in [0.05, 0.1) is 12.5 Å². The Kier molecular flexibility index (Phi) is 5.56. The maximum absolute atomic E-state index is 11.6. The van der Waals surface area contributed by atoms with Crippen LogP contribution < -0.4 is 0 Å².